The van der Waals surface area contributed by atoms with E-state index in [0.717, 1.165) is 10.5 Å². The number of carbonyl (C=O) groups excluding carboxylic acids is 4. The van der Waals surface area contributed by atoms with Gasteiger partial charge in [0.2, 0.25) is 17.7 Å². The normalized spacial score (nSPS) is 19.0. The Morgan fingerprint density at radius 2 is 1.80 bits per heavy atom. The van der Waals surface area contributed by atoms with Gasteiger partial charge in [0.15, 0.2) is 6.10 Å². The van der Waals surface area contributed by atoms with Crippen molar-refractivity contribution < 1.29 is 23.9 Å². The Bertz CT molecular complexity index is 1000. The van der Waals surface area contributed by atoms with Crippen LogP contribution in [0.3, 0.4) is 0 Å². The highest BCUT2D eigenvalue weighted by Crippen LogP contribution is 2.32. The molecule has 2 heterocycles. The maximum atomic E-state index is 12.5. The van der Waals surface area contributed by atoms with E-state index < -0.39 is 12.0 Å². The number of likely N-dealkylation sites (tertiary alicyclic amines) is 1. The molecule has 0 saturated carbocycles. The number of nitrogens with one attached hydrogen (secondary N) is 2. The van der Waals surface area contributed by atoms with Crippen molar-refractivity contribution in [2.45, 2.75) is 31.8 Å². The molecule has 8 heteroatoms. The third-order valence-corrected chi connectivity index (χ3v) is 5.21. The number of hydrogen-bond donors (Lipinski definition) is 2. The van der Waals surface area contributed by atoms with Gasteiger partial charge < -0.3 is 15.4 Å². The maximum absolute atomic E-state index is 12.5. The van der Waals surface area contributed by atoms with Crippen LogP contribution in [0.1, 0.15) is 31.2 Å². The van der Waals surface area contributed by atoms with Gasteiger partial charge in [-0.05, 0) is 30.7 Å². The van der Waals surface area contributed by atoms with E-state index in [1.807, 2.05) is 30.3 Å². The van der Waals surface area contributed by atoms with Crippen LogP contribution in [-0.4, -0.2) is 41.2 Å². The first-order chi connectivity index (χ1) is 14.4. The highest BCUT2D eigenvalue weighted by atomic mass is 16.5. The average Bonchev–Trinajstić information content (AvgIpc) is 2.72. The topological polar surface area (TPSA) is 105 Å². The highest BCUT2D eigenvalue weighted by Gasteiger charge is 2.34. The Kier molecular flexibility index (Phi) is 5.22. The molecule has 2 aliphatic heterocycles. The zero-order chi connectivity index (χ0) is 21.3. The molecule has 0 aromatic heterocycles. The number of fused-ring (bicyclic) bond motifs is 1. The molecule has 154 valence electrons. The van der Waals surface area contributed by atoms with Crippen molar-refractivity contribution in [1.82, 2.24) is 4.90 Å². The summed E-state index contributed by atoms with van der Waals surface area (Å²) in [7, 11) is 0. The second-order valence-electron chi connectivity index (χ2n) is 7.40. The van der Waals surface area contributed by atoms with Gasteiger partial charge in [-0.3, -0.25) is 24.1 Å². The fraction of sp³-hybridized carbons (Fsp3) is 0.273. The van der Waals surface area contributed by atoms with Gasteiger partial charge in [0.25, 0.3) is 5.91 Å². The van der Waals surface area contributed by atoms with E-state index in [2.05, 4.69) is 10.6 Å². The summed E-state index contributed by atoms with van der Waals surface area (Å²) in [5.74, 6) is -1.16. The van der Waals surface area contributed by atoms with Crippen molar-refractivity contribution in [3.8, 4) is 5.75 Å². The van der Waals surface area contributed by atoms with E-state index in [4.69, 9.17) is 4.74 Å². The van der Waals surface area contributed by atoms with E-state index in [1.54, 1.807) is 25.1 Å². The third-order valence-electron chi connectivity index (χ3n) is 5.21. The zero-order valence-electron chi connectivity index (χ0n) is 16.4. The van der Waals surface area contributed by atoms with Crippen LogP contribution in [0.15, 0.2) is 48.5 Å². The number of rotatable bonds is 4. The van der Waals surface area contributed by atoms with Crippen LogP contribution in [0.2, 0.25) is 0 Å². The third kappa shape index (κ3) is 4.03. The molecular formula is C22H21N3O5. The van der Waals surface area contributed by atoms with Crippen LogP contribution < -0.4 is 15.4 Å². The summed E-state index contributed by atoms with van der Waals surface area (Å²) < 4.78 is 5.48. The van der Waals surface area contributed by atoms with Crippen molar-refractivity contribution in [3.63, 3.8) is 0 Å². The molecule has 2 aromatic carbocycles. The predicted octanol–water partition coefficient (Wildman–Crippen LogP) is 2.28. The number of carbonyl (C=O) groups is 4. The standard InChI is InChI=1S/C22H21N3O5/c1-13-22(29)24-17-11-16(7-8-18(17)30-13)23-19(26)12-25-20(27)9-15(10-21(25)28)14-5-3-2-4-6-14/h2-8,11,13,15H,9-10,12H2,1H3,(H,23,26)(H,24,29). The van der Waals surface area contributed by atoms with Crippen molar-refractivity contribution in [2.24, 2.45) is 0 Å². The number of hydrogen-bond acceptors (Lipinski definition) is 5. The summed E-state index contributed by atoms with van der Waals surface area (Å²) in [6, 6.07) is 14.3. The van der Waals surface area contributed by atoms with Crippen LogP contribution in [0.4, 0.5) is 11.4 Å². The minimum absolute atomic E-state index is 0.169. The molecule has 0 aliphatic carbocycles. The Hall–Kier alpha value is -3.68. The summed E-state index contributed by atoms with van der Waals surface area (Å²) in [4.78, 5) is 50.2. The fourth-order valence-corrected chi connectivity index (χ4v) is 3.62. The monoisotopic (exact) mass is 407 g/mol. The minimum Gasteiger partial charge on any atom is -0.479 e. The number of imide groups is 1. The van der Waals surface area contributed by atoms with Crippen molar-refractivity contribution in [3.05, 3.63) is 54.1 Å². The van der Waals surface area contributed by atoms with Gasteiger partial charge in [0.1, 0.15) is 12.3 Å². The molecule has 2 aromatic rings. The molecule has 0 bridgehead atoms. The molecule has 0 radical (unpaired) electrons. The van der Waals surface area contributed by atoms with Crippen LogP contribution in [0.5, 0.6) is 5.75 Å². The number of ether oxygens (including phenoxy) is 1. The number of piperidine rings is 1. The summed E-state index contributed by atoms with van der Waals surface area (Å²) in [6.45, 7) is 1.29. The fourth-order valence-electron chi connectivity index (χ4n) is 3.62. The lowest BCUT2D eigenvalue weighted by Gasteiger charge is -2.30. The molecule has 1 saturated heterocycles. The first kappa shape index (κ1) is 19.6. The van der Waals surface area contributed by atoms with Crippen LogP contribution in [0, 0.1) is 0 Å². The first-order valence-electron chi connectivity index (χ1n) is 9.70. The molecule has 1 unspecified atom stereocenters. The molecule has 2 N–H and O–H groups in total. The second kappa shape index (κ2) is 7.98. The lowest BCUT2D eigenvalue weighted by molar-refractivity contribution is -0.150. The predicted molar refractivity (Wildman–Crippen MR) is 109 cm³/mol. The smallest absolute Gasteiger partial charge is 0.265 e. The lowest BCUT2D eigenvalue weighted by Crippen LogP contribution is -2.46. The molecule has 4 amide bonds. The van der Waals surface area contributed by atoms with Gasteiger partial charge in [-0.25, -0.2) is 0 Å². The largest absolute Gasteiger partial charge is 0.479 e. The van der Waals surface area contributed by atoms with Gasteiger partial charge in [-0.15, -0.1) is 0 Å². The average molecular weight is 407 g/mol. The zero-order valence-corrected chi connectivity index (χ0v) is 16.4. The molecule has 30 heavy (non-hydrogen) atoms. The van der Waals surface area contributed by atoms with Crippen molar-refractivity contribution in [1.29, 1.82) is 0 Å². The molecule has 1 fully saturated rings. The first-order valence-corrected chi connectivity index (χ1v) is 9.70. The van der Waals surface area contributed by atoms with Crippen molar-refractivity contribution >= 4 is 35.0 Å². The molecule has 4 rings (SSSR count). The molecular weight excluding hydrogens is 386 g/mol. The Morgan fingerprint density at radius 1 is 1.10 bits per heavy atom. The number of benzene rings is 2. The van der Waals surface area contributed by atoms with E-state index in [0.29, 0.717) is 17.1 Å². The van der Waals surface area contributed by atoms with E-state index >= 15 is 0 Å². The second-order valence-corrected chi connectivity index (χ2v) is 7.40. The van der Waals surface area contributed by atoms with Crippen molar-refractivity contribution in [2.75, 3.05) is 17.2 Å². The van der Waals surface area contributed by atoms with Gasteiger partial charge in [-0.1, -0.05) is 30.3 Å². The number of nitrogens with zero attached hydrogens (tertiary/aromatic N) is 1. The summed E-state index contributed by atoms with van der Waals surface area (Å²) in [5, 5.41) is 5.36. The van der Waals surface area contributed by atoms with E-state index in [9.17, 15) is 19.2 Å². The van der Waals surface area contributed by atoms with Gasteiger partial charge >= 0.3 is 0 Å². The lowest BCUT2D eigenvalue weighted by atomic mass is 9.88. The minimum atomic E-state index is -0.589. The van der Waals surface area contributed by atoms with E-state index in [1.165, 1.54) is 0 Å². The van der Waals surface area contributed by atoms with Gasteiger partial charge in [0, 0.05) is 24.4 Å². The molecule has 2 aliphatic rings. The van der Waals surface area contributed by atoms with Crippen LogP contribution >= 0.6 is 0 Å². The Morgan fingerprint density at radius 3 is 2.50 bits per heavy atom. The summed E-state index contributed by atoms with van der Waals surface area (Å²) >= 11 is 0. The van der Waals surface area contributed by atoms with Gasteiger partial charge in [0.05, 0.1) is 5.69 Å². The van der Waals surface area contributed by atoms with Crippen LogP contribution in [-0.2, 0) is 19.2 Å². The summed E-state index contributed by atoms with van der Waals surface area (Å²) in [5.41, 5.74) is 1.82. The highest BCUT2D eigenvalue weighted by molar-refractivity contribution is 6.04. The maximum Gasteiger partial charge on any atom is 0.265 e. The Labute approximate surface area is 173 Å². The summed E-state index contributed by atoms with van der Waals surface area (Å²) in [6.07, 6.45) is -0.221. The quantitative estimate of drug-likeness (QED) is 0.757. The Balaban J connectivity index is 1.39. The number of anilines is 2. The molecule has 0 spiro atoms. The SMILES string of the molecule is CC1Oc2ccc(NC(=O)CN3C(=O)CC(c4ccccc4)CC3=O)cc2NC1=O. The van der Waals surface area contributed by atoms with Gasteiger partial charge in [-0.2, -0.15) is 0 Å². The molecule has 8 nitrogen and oxygen atoms in total. The van der Waals surface area contributed by atoms with Crippen LogP contribution in [0.25, 0.3) is 0 Å². The van der Waals surface area contributed by atoms with E-state index in [-0.39, 0.29) is 43.0 Å². The number of amides is 4. The molecule has 1 atom stereocenters.